The van der Waals surface area contributed by atoms with Crippen LogP contribution in [-0.4, -0.2) is 41.4 Å². The standard InChI is InChI=1S/C14H22N2O2/c15-13-5-3-12(4-6-13)14(18)9-16-7-1-2-11(8-16)10-17/h3-6,11,14,17-18H,1-2,7-10,15H2. The summed E-state index contributed by atoms with van der Waals surface area (Å²) in [6.07, 6.45) is 1.70. The number of anilines is 1. The number of piperidine rings is 1. The van der Waals surface area contributed by atoms with E-state index in [1.807, 2.05) is 24.3 Å². The summed E-state index contributed by atoms with van der Waals surface area (Å²) in [7, 11) is 0. The maximum atomic E-state index is 10.2. The van der Waals surface area contributed by atoms with E-state index in [4.69, 9.17) is 5.73 Å². The molecule has 4 nitrogen and oxygen atoms in total. The Kier molecular flexibility index (Phi) is 4.58. The van der Waals surface area contributed by atoms with Crippen LogP contribution in [-0.2, 0) is 0 Å². The summed E-state index contributed by atoms with van der Waals surface area (Å²) in [6.45, 7) is 2.75. The smallest absolute Gasteiger partial charge is 0.0916 e. The zero-order valence-electron chi connectivity index (χ0n) is 10.6. The molecule has 2 atom stereocenters. The minimum atomic E-state index is -0.483. The highest BCUT2D eigenvalue weighted by Crippen LogP contribution is 2.20. The third-order valence-electron chi connectivity index (χ3n) is 3.61. The van der Waals surface area contributed by atoms with Gasteiger partial charge in [-0.05, 0) is 43.0 Å². The van der Waals surface area contributed by atoms with Gasteiger partial charge < -0.3 is 20.8 Å². The molecule has 1 heterocycles. The molecule has 0 radical (unpaired) electrons. The van der Waals surface area contributed by atoms with Gasteiger partial charge in [0, 0.05) is 25.4 Å². The molecule has 0 spiro atoms. The van der Waals surface area contributed by atoms with E-state index in [1.165, 1.54) is 0 Å². The van der Waals surface area contributed by atoms with E-state index < -0.39 is 6.10 Å². The fourth-order valence-corrected chi connectivity index (χ4v) is 2.53. The molecule has 18 heavy (non-hydrogen) atoms. The lowest BCUT2D eigenvalue weighted by Gasteiger charge is -2.33. The van der Waals surface area contributed by atoms with E-state index in [0.717, 1.165) is 31.5 Å². The van der Waals surface area contributed by atoms with E-state index in [9.17, 15) is 10.2 Å². The predicted molar refractivity (Wildman–Crippen MR) is 72.1 cm³/mol. The van der Waals surface area contributed by atoms with Crippen molar-refractivity contribution in [3.8, 4) is 0 Å². The van der Waals surface area contributed by atoms with Gasteiger partial charge in [0.2, 0.25) is 0 Å². The van der Waals surface area contributed by atoms with Crippen LogP contribution in [0, 0.1) is 5.92 Å². The summed E-state index contributed by atoms with van der Waals surface area (Å²) in [5.41, 5.74) is 7.24. The summed E-state index contributed by atoms with van der Waals surface area (Å²) < 4.78 is 0. The van der Waals surface area contributed by atoms with E-state index in [1.54, 1.807) is 0 Å². The van der Waals surface area contributed by atoms with Crippen LogP contribution in [0.15, 0.2) is 24.3 Å². The minimum Gasteiger partial charge on any atom is -0.399 e. The molecule has 1 fully saturated rings. The first-order valence-corrected chi connectivity index (χ1v) is 6.55. The maximum Gasteiger partial charge on any atom is 0.0916 e. The predicted octanol–water partition coefficient (Wildman–Crippen LogP) is 1.01. The number of aliphatic hydroxyl groups excluding tert-OH is 2. The summed E-state index contributed by atoms with van der Waals surface area (Å²) >= 11 is 0. The number of nitrogen functional groups attached to an aromatic ring is 1. The molecule has 100 valence electrons. The summed E-state index contributed by atoms with van der Waals surface area (Å²) in [6, 6.07) is 7.36. The van der Waals surface area contributed by atoms with Gasteiger partial charge in [-0.1, -0.05) is 12.1 Å². The van der Waals surface area contributed by atoms with Gasteiger partial charge in [0.05, 0.1) is 6.10 Å². The molecule has 2 unspecified atom stereocenters. The van der Waals surface area contributed by atoms with Gasteiger partial charge in [-0.25, -0.2) is 0 Å². The number of benzene rings is 1. The van der Waals surface area contributed by atoms with E-state index in [2.05, 4.69) is 4.90 Å². The van der Waals surface area contributed by atoms with Crippen LogP contribution in [0.4, 0.5) is 5.69 Å². The average molecular weight is 250 g/mol. The summed E-state index contributed by atoms with van der Waals surface area (Å²) in [4.78, 5) is 2.23. The molecule has 0 aromatic heterocycles. The number of rotatable bonds is 4. The number of hydrogen-bond acceptors (Lipinski definition) is 4. The number of aliphatic hydroxyl groups is 2. The van der Waals surface area contributed by atoms with Crippen molar-refractivity contribution in [3.63, 3.8) is 0 Å². The Labute approximate surface area is 108 Å². The van der Waals surface area contributed by atoms with Crippen LogP contribution in [0.5, 0.6) is 0 Å². The van der Waals surface area contributed by atoms with Gasteiger partial charge >= 0.3 is 0 Å². The van der Waals surface area contributed by atoms with E-state index in [-0.39, 0.29) is 6.61 Å². The molecule has 4 heteroatoms. The second kappa shape index (κ2) is 6.18. The van der Waals surface area contributed by atoms with Crippen molar-refractivity contribution in [2.75, 3.05) is 32.0 Å². The molecule has 4 N–H and O–H groups in total. The third kappa shape index (κ3) is 3.45. The van der Waals surface area contributed by atoms with Gasteiger partial charge in [0.25, 0.3) is 0 Å². The molecule has 1 aromatic carbocycles. The van der Waals surface area contributed by atoms with Crippen molar-refractivity contribution < 1.29 is 10.2 Å². The van der Waals surface area contributed by atoms with Crippen molar-refractivity contribution in [2.24, 2.45) is 5.92 Å². The molecule has 1 aromatic rings. The topological polar surface area (TPSA) is 69.7 Å². The lowest BCUT2D eigenvalue weighted by Crippen LogP contribution is -2.39. The molecular weight excluding hydrogens is 228 g/mol. The zero-order valence-corrected chi connectivity index (χ0v) is 10.6. The second-order valence-corrected chi connectivity index (χ2v) is 5.13. The molecule has 2 rings (SSSR count). The van der Waals surface area contributed by atoms with Crippen LogP contribution in [0.25, 0.3) is 0 Å². The fraction of sp³-hybridized carbons (Fsp3) is 0.571. The molecule has 0 bridgehead atoms. The molecule has 1 aliphatic heterocycles. The Bertz CT molecular complexity index is 367. The number of β-amino-alcohol motifs (C(OH)–C–C–N with tert-alkyl or cyclic N) is 1. The first-order chi connectivity index (χ1) is 8.69. The first kappa shape index (κ1) is 13.3. The third-order valence-corrected chi connectivity index (χ3v) is 3.61. The maximum absolute atomic E-state index is 10.2. The molecule has 1 saturated heterocycles. The normalized spacial score (nSPS) is 22.9. The summed E-state index contributed by atoms with van der Waals surface area (Å²) in [5.74, 6) is 0.359. The highest BCUT2D eigenvalue weighted by molar-refractivity contribution is 5.39. The van der Waals surface area contributed by atoms with Gasteiger partial charge in [0.15, 0.2) is 0 Å². The first-order valence-electron chi connectivity index (χ1n) is 6.55. The van der Waals surface area contributed by atoms with E-state index in [0.29, 0.717) is 18.2 Å². The number of nitrogens with two attached hydrogens (primary N) is 1. The van der Waals surface area contributed by atoms with Crippen LogP contribution in [0.1, 0.15) is 24.5 Å². The van der Waals surface area contributed by atoms with Gasteiger partial charge in [0.1, 0.15) is 0 Å². The van der Waals surface area contributed by atoms with Crippen molar-refractivity contribution in [3.05, 3.63) is 29.8 Å². The van der Waals surface area contributed by atoms with Gasteiger partial charge in [-0.2, -0.15) is 0 Å². The Morgan fingerprint density at radius 2 is 2.06 bits per heavy atom. The van der Waals surface area contributed by atoms with Crippen molar-refractivity contribution in [1.82, 2.24) is 4.90 Å². The highest BCUT2D eigenvalue weighted by Gasteiger charge is 2.21. The Morgan fingerprint density at radius 1 is 1.33 bits per heavy atom. The molecule has 0 amide bonds. The zero-order chi connectivity index (χ0) is 13.0. The van der Waals surface area contributed by atoms with Crippen molar-refractivity contribution >= 4 is 5.69 Å². The van der Waals surface area contributed by atoms with Crippen LogP contribution in [0.2, 0.25) is 0 Å². The highest BCUT2D eigenvalue weighted by atomic mass is 16.3. The second-order valence-electron chi connectivity index (χ2n) is 5.13. The quantitative estimate of drug-likeness (QED) is 0.697. The molecule has 0 saturated carbocycles. The van der Waals surface area contributed by atoms with Crippen LogP contribution >= 0.6 is 0 Å². The largest absolute Gasteiger partial charge is 0.399 e. The summed E-state index contributed by atoms with van der Waals surface area (Å²) in [5, 5.41) is 19.4. The monoisotopic (exact) mass is 250 g/mol. The van der Waals surface area contributed by atoms with Crippen LogP contribution in [0.3, 0.4) is 0 Å². The van der Waals surface area contributed by atoms with Crippen LogP contribution < -0.4 is 5.73 Å². The van der Waals surface area contributed by atoms with Gasteiger partial charge in [-0.3, -0.25) is 0 Å². The SMILES string of the molecule is Nc1ccc(C(O)CN2CCCC(CO)C2)cc1. The van der Waals surface area contributed by atoms with Crippen molar-refractivity contribution in [1.29, 1.82) is 0 Å². The fourth-order valence-electron chi connectivity index (χ4n) is 2.53. The molecule has 1 aliphatic rings. The lowest BCUT2D eigenvalue weighted by molar-refractivity contribution is 0.0678. The Hall–Kier alpha value is -1.10. The Balaban J connectivity index is 1.90. The molecule has 0 aliphatic carbocycles. The van der Waals surface area contributed by atoms with Crippen molar-refractivity contribution in [2.45, 2.75) is 18.9 Å². The lowest BCUT2D eigenvalue weighted by atomic mass is 9.98. The average Bonchev–Trinajstić information content (AvgIpc) is 2.39. The van der Waals surface area contributed by atoms with Gasteiger partial charge in [-0.15, -0.1) is 0 Å². The minimum absolute atomic E-state index is 0.245. The number of nitrogens with zero attached hydrogens (tertiary/aromatic N) is 1. The number of hydrogen-bond donors (Lipinski definition) is 3. The Morgan fingerprint density at radius 3 is 2.72 bits per heavy atom. The van der Waals surface area contributed by atoms with E-state index >= 15 is 0 Å². The number of likely N-dealkylation sites (tertiary alicyclic amines) is 1. The molecular formula is C14H22N2O2.